The highest BCUT2D eigenvalue weighted by molar-refractivity contribution is 7.88. The number of aliphatic carboxylic acids is 1. The molecule has 0 aromatic heterocycles. The minimum Gasteiger partial charge on any atom is -0.481 e. The number of primary sulfonamides is 1. The summed E-state index contributed by atoms with van der Waals surface area (Å²) in [4.78, 5) is 10.9. The summed E-state index contributed by atoms with van der Waals surface area (Å²) in [5.41, 5.74) is 3.58. The van der Waals surface area contributed by atoms with Crippen molar-refractivity contribution >= 4 is 16.0 Å². The Balaban J connectivity index is 1.80. The van der Waals surface area contributed by atoms with E-state index in [1.807, 2.05) is 24.3 Å². The summed E-state index contributed by atoms with van der Waals surface area (Å²) in [5, 5.41) is 14.1. The van der Waals surface area contributed by atoms with E-state index in [1.165, 1.54) is 6.07 Å². The lowest BCUT2D eigenvalue weighted by Crippen LogP contribution is -2.18. The first-order valence-corrected chi connectivity index (χ1v) is 12.5. The number of alkyl halides is 2. The molecule has 4 rings (SSSR count). The molecule has 0 amide bonds. The predicted octanol–water partition coefficient (Wildman–Crippen LogP) is 4.63. The molecule has 3 aromatic carbocycles. The molecule has 1 unspecified atom stereocenters. The summed E-state index contributed by atoms with van der Waals surface area (Å²) >= 11 is 0. The number of hydrogen-bond acceptors (Lipinski definition) is 5. The molecule has 3 aromatic rings. The molecule has 35 heavy (non-hydrogen) atoms. The van der Waals surface area contributed by atoms with Gasteiger partial charge in [-0.2, -0.15) is 8.78 Å². The zero-order chi connectivity index (χ0) is 25.2. The van der Waals surface area contributed by atoms with Gasteiger partial charge in [0.05, 0.1) is 11.3 Å². The second-order valence-corrected chi connectivity index (χ2v) is 9.84. The van der Waals surface area contributed by atoms with Crippen LogP contribution in [0, 0.1) is 0 Å². The maximum atomic E-state index is 13.1. The Kier molecular flexibility index (Phi) is 7.04. The molecule has 1 atom stereocenters. The smallest absolute Gasteiger partial charge is 0.387 e. The lowest BCUT2D eigenvalue weighted by Gasteiger charge is -2.31. The van der Waals surface area contributed by atoms with Crippen LogP contribution in [-0.2, 0) is 27.0 Å². The molecule has 1 aliphatic rings. The first-order valence-electron chi connectivity index (χ1n) is 10.8. The maximum absolute atomic E-state index is 13.1. The average Bonchev–Trinajstić information content (AvgIpc) is 2.77. The van der Waals surface area contributed by atoms with Crippen molar-refractivity contribution in [3.63, 3.8) is 0 Å². The topological polar surface area (TPSA) is 116 Å². The highest BCUT2D eigenvalue weighted by atomic mass is 32.2. The van der Waals surface area contributed by atoms with Gasteiger partial charge in [0.2, 0.25) is 10.0 Å². The third-order valence-corrected chi connectivity index (χ3v) is 6.33. The highest BCUT2D eigenvalue weighted by Gasteiger charge is 2.31. The number of ether oxygens (including phenoxy) is 2. The van der Waals surface area contributed by atoms with Crippen LogP contribution in [0.25, 0.3) is 11.1 Å². The Morgan fingerprint density at radius 1 is 1.09 bits per heavy atom. The number of fused-ring (bicyclic) bond motifs is 3. The fraction of sp³-hybridized carbons (Fsp3) is 0.240. The largest absolute Gasteiger partial charge is 0.481 e. The number of hydrogen-bond donors (Lipinski definition) is 2. The number of carbonyl (C=O) groups is 1. The SMILES string of the molecule is NS(=O)(=O)Cc1ccc2c(c1)C(c1cccc(CCCC(=O)O)c1)Oc1cccc(OC(F)F)c1-2. The summed E-state index contributed by atoms with van der Waals surface area (Å²) in [6, 6.07) is 16.9. The van der Waals surface area contributed by atoms with Gasteiger partial charge in [-0.3, -0.25) is 4.79 Å². The number of nitrogens with two attached hydrogens (primary N) is 1. The summed E-state index contributed by atoms with van der Waals surface area (Å²) < 4.78 is 60.5. The standard InChI is InChI=1S/C25H23F2NO6S/c26-25(27)34-21-8-3-7-20-23(21)18-11-10-16(14-35(28,31)32)13-19(18)24(33-20)17-6-1-4-15(12-17)5-2-9-22(29)30/h1,3-4,6-8,10-13,24-25H,2,5,9,14H2,(H,29,30)(H2,28,31,32). The molecule has 1 heterocycles. The molecule has 3 N–H and O–H groups in total. The molecule has 0 fully saturated rings. The van der Waals surface area contributed by atoms with E-state index in [9.17, 15) is 22.0 Å². The minimum atomic E-state index is -3.81. The molecule has 10 heteroatoms. The summed E-state index contributed by atoms with van der Waals surface area (Å²) in [6.07, 6.45) is 0.397. The van der Waals surface area contributed by atoms with Gasteiger partial charge < -0.3 is 14.6 Å². The van der Waals surface area contributed by atoms with Gasteiger partial charge >= 0.3 is 12.6 Å². The molecule has 7 nitrogen and oxygen atoms in total. The third kappa shape index (κ3) is 5.95. The Morgan fingerprint density at radius 2 is 1.86 bits per heavy atom. The molecule has 0 spiro atoms. The Morgan fingerprint density at radius 3 is 2.57 bits per heavy atom. The quantitative estimate of drug-likeness (QED) is 0.440. The van der Waals surface area contributed by atoms with Crippen molar-refractivity contribution in [2.75, 3.05) is 0 Å². The molecule has 0 bridgehead atoms. The van der Waals surface area contributed by atoms with Crippen molar-refractivity contribution in [3.05, 3.63) is 82.9 Å². The average molecular weight is 504 g/mol. The summed E-state index contributed by atoms with van der Waals surface area (Å²) in [5.74, 6) is -0.981. The Labute approximate surface area is 201 Å². The van der Waals surface area contributed by atoms with Gasteiger partial charge in [0.15, 0.2) is 0 Å². The van der Waals surface area contributed by atoms with Gasteiger partial charge in [0.1, 0.15) is 17.6 Å². The molecular weight excluding hydrogens is 480 g/mol. The molecule has 1 aliphatic heterocycles. The van der Waals surface area contributed by atoms with Crippen LogP contribution in [0.15, 0.2) is 60.7 Å². The first-order chi connectivity index (χ1) is 16.6. The van der Waals surface area contributed by atoms with Gasteiger partial charge in [-0.25, -0.2) is 13.6 Å². The molecule has 0 saturated carbocycles. The van der Waals surface area contributed by atoms with E-state index in [0.717, 1.165) is 11.1 Å². The number of aryl methyl sites for hydroxylation is 1. The zero-order valence-electron chi connectivity index (χ0n) is 18.5. The zero-order valence-corrected chi connectivity index (χ0v) is 19.3. The number of sulfonamides is 1. The number of rotatable bonds is 9. The number of benzene rings is 3. The van der Waals surface area contributed by atoms with Gasteiger partial charge in [-0.05, 0) is 47.2 Å². The predicted molar refractivity (Wildman–Crippen MR) is 125 cm³/mol. The van der Waals surface area contributed by atoms with E-state index < -0.39 is 34.5 Å². The van der Waals surface area contributed by atoms with Crippen LogP contribution in [0.1, 0.15) is 41.2 Å². The van der Waals surface area contributed by atoms with Crippen molar-refractivity contribution in [1.29, 1.82) is 0 Å². The Bertz CT molecular complexity index is 1360. The van der Waals surface area contributed by atoms with Crippen molar-refractivity contribution in [3.8, 4) is 22.6 Å². The molecule has 0 aliphatic carbocycles. The van der Waals surface area contributed by atoms with Crippen LogP contribution in [-0.4, -0.2) is 26.1 Å². The van der Waals surface area contributed by atoms with E-state index in [0.29, 0.717) is 40.8 Å². The van der Waals surface area contributed by atoms with Crippen LogP contribution in [0.3, 0.4) is 0 Å². The number of carboxylic acid groups (broad SMARTS) is 1. The van der Waals surface area contributed by atoms with E-state index >= 15 is 0 Å². The minimum absolute atomic E-state index is 0.0458. The van der Waals surface area contributed by atoms with Gasteiger partial charge in [0, 0.05) is 12.0 Å². The van der Waals surface area contributed by atoms with E-state index in [4.69, 9.17) is 19.7 Å². The van der Waals surface area contributed by atoms with Crippen molar-refractivity contribution in [2.45, 2.75) is 37.7 Å². The van der Waals surface area contributed by atoms with Crippen molar-refractivity contribution in [2.24, 2.45) is 5.14 Å². The van der Waals surface area contributed by atoms with Crippen LogP contribution in [0.2, 0.25) is 0 Å². The van der Waals surface area contributed by atoms with Crippen LogP contribution >= 0.6 is 0 Å². The monoisotopic (exact) mass is 503 g/mol. The molecule has 184 valence electrons. The first kappa shape index (κ1) is 24.6. The lowest BCUT2D eigenvalue weighted by atomic mass is 9.87. The van der Waals surface area contributed by atoms with Gasteiger partial charge in [-0.1, -0.05) is 48.5 Å². The Hall–Kier alpha value is -3.50. The maximum Gasteiger partial charge on any atom is 0.387 e. The normalized spacial score (nSPS) is 14.7. The van der Waals surface area contributed by atoms with Gasteiger partial charge in [0.25, 0.3) is 0 Å². The number of halogens is 2. The lowest BCUT2D eigenvalue weighted by molar-refractivity contribution is -0.137. The van der Waals surface area contributed by atoms with Crippen LogP contribution < -0.4 is 14.6 Å². The fourth-order valence-electron chi connectivity index (χ4n) is 4.24. The van der Waals surface area contributed by atoms with E-state index in [1.54, 1.807) is 30.3 Å². The summed E-state index contributed by atoms with van der Waals surface area (Å²) in [6.45, 7) is -3.04. The second kappa shape index (κ2) is 10.0. The third-order valence-electron chi connectivity index (χ3n) is 5.59. The van der Waals surface area contributed by atoms with Crippen LogP contribution in [0.5, 0.6) is 11.5 Å². The number of carboxylic acids is 1. The molecule has 0 radical (unpaired) electrons. The summed E-state index contributed by atoms with van der Waals surface area (Å²) in [7, 11) is -3.81. The molecular formula is C25H23F2NO6S. The van der Waals surface area contributed by atoms with Gasteiger partial charge in [-0.15, -0.1) is 0 Å². The second-order valence-electron chi connectivity index (χ2n) is 8.23. The van der Waals surface area contributed by atoms with E-state index in [-0.39, 0.29) is 12.2 Å². The van der Waals surface area contributed by atoms with E-state index in [2.05, 4.69) is 0 Å². The highest BCUT2D eigenvalue weighted by Crippen LogP contribution is 2.49. The molecule has 0 saturated heterocycles. The fourth-order valence-corrected chi connectivity index (χ4v) is 4.89. The van der Waals surface area contributed by atoms with Crippen molar-refractivity contribution in [1.82, 2.24) is 0 Å². The van der Waals surface area contributed by atoms with Crippen LogP contribution in [0.4, 0.5) is 8.78 Å². The van der Waals surface area contributed by atoms with Crippen molar-refractivity contribution < 1.29 is 36.6 Å².